The number of aromatic nitrogens is 2. The van der Waals surface area contributed by atoms with Crippen LogP contribution in [0.15, 0.2) is 47.5 Å². The molecule has 5 nitrogen and oxygen atoms in total. The minimum absolute atomic E-state index is 0.0929. The second-order valence-corrected chi connectivity index (χ2v) is 4.61. The van der Waals surface area contributed by atoms with E-state index in [2.05, 4.69) is 10.3 Å². The van der Waals surface area contributed by atoms with Crippen molar-refractivity contribution in [2.45, 2.75) is 25.9 Å². The van der Waals surface area contributed by atoms with E-state index in [0.29, 0.717) is 6.42 Å². The Balaban J connectivity index is 2.05. The molecule has 1 aromatic carbocycles. The summed E-state index contributed by atoms with van der Waals surface area (Å²) in [6, 6.07) is 7.36. The summed E-state index contributed by atoms with van der Waals surface area (Å²) in [7, 11) is 0. The van der Waals surface area contributed by atoms with Crippen LogP contribution in [-0.4, -0.2) is 15.5 Å². The van der Waals surface area contributed by atoms with Gasteiger partial charge in [0.1, 0.15) is 12.4 Å². The Morgan fingerprint density at radius 1 is 1.38 bits per heavy atom. The van der Waals surface area contributed by atoms with Gasteiger partial charge < -0.3 is 5.32 Å². The lowest BCUT2D eigenvalue weighted by Crippen LogP contribution is -2.35. The number of nitrogens with one attached hydrogen (secondary N) is 1. The standard InChI is InChI=1S/C15H16FN3O2/c1-2-13(11-4-6-12(16)7-5-11)18-14(20)10-19-9-3-8-17-15(19)21/h3-9,13H,2,10H2,1H3,(H,18,20)/t13-/m1/s1. The van der Waals surface area contributed by atoms with E-state index in [0.717, 1.165) is 5.56 Å². The summed E-state index contributed by atoms with van der Waals surface area (Å²) in [6.07, 6.45) is 3.55. The van der Waals surface area contributed by atoms with Gasteiger partial charge in [0.25, 0.3) is 0 Å². The third-order valence-electron chi connectivity index (χ3n) is 3.11. The minimum atomic E-state index is -0.470. The fraction of sp³-hybridized carbons (Fsp3) is 0.267. The third-order valence-corrected chi connectivity index (χ3v) is 3.11. The molecule has 21 heavy (non-hydrogen) atoms. The van der Waals surface area contributed by atoms with E-state index >= 15 is 0 Å². The fourth-order valence-corrected chi connectivity index (χ4v) is 2.02. The van der Waals surface area contributed by atoms with E-state index in [1.54, 1.807) is 18.2 Å². The van der Waals surface area contributed by atoms with Crippen LogP contribution < -0.4 is 11.0 Å². The molecule has 6 heteroatoms. The van der Waals surface area contributed by atoms with Crippen molar-refractivity contribution in [3.8, 4) is 0 Å². The predicted octanol–water partition coefficient (Wildman–Crippen LogP) is 1.65. The average Bonchev–Trinajstić information content (AvgIpc) is 2.48. The molecule has 0 saturated heterocycles. The summed E-state index contributed by atoms with van der Waals surface area (Å²) < 4.78 is 14.1. The summed E-state index contributed by atoms with van der Waals surface area (Å²) in [4.78, 5) is 27.0. The van der Waals surface area contributed by atoms with Gasteiger partial charge in [-0.05, 0) is 30.2 Å². The van der Waals surface area contributed by atoms with E-state index < -0.39 is 5.69 Å². The quantitative estimate of drug-likeness (QED) is 0.910. The zero-order valence-electron chi connectivity index (χ0n) is 11.6. The predicted molar refractivity (Wildman–Crippen MR) is 76.1 cm³/mol. The van der Waals surface area contributed by atoms with Crippen molar-refractivity contribution in [1.82, 2.24) is 14.9 Å². The van der Waals surface area contributed by atoms with Crippen LogP contribution >= 0.6 is 0 Å². The number of nitrogens with zero attached hydrogens (tertiary/aromatic N) is 2. The maximum atomic E-state index is 12.9. The number of hydrogen-bond donors (Lipinski definition) is 1. The van der Waals surface area contributed by atoms with Crippen molar-refractivity contribution < 1.29 is 9.18 Å². The molecule has 0 aliphatic carbocycles. The van der Waals surface area contributed by atoms with Crippen LogP contribution in [0.5, 0.6) is 0 Å². The van der Waals surface area contributed by atoms with E-state index in [9.17, 15) is 14.0 Å². The van der Waals surface area contributed by atoms with E-state index in [-0.39, 0.29) is 24.3 Å². The van der Waals surface area contributed by atoms with Crippen molar-refractivity contribution in [2.75, 3.05) is 0 Å². The second-order valence-electron chi connectivity index (χ2n) is 4.61. The van der Waals surface area contributed by atoms with Crippen LogP contribution in [-0.2, 0) is 11.3 Å². The zero-order valence-corrected chi connectivity index (χ0v) is 11.6. The number of carbonyl (C=O) groups is 1. The largest absolute Gasteiger partial charge is 0.348 e. The first-order chi connectivity index (χ1) is 10.1. The highest BCUT2D eigenvalue weighted by atomic mass is 19.1. The first-order valence-corrected chi connectivity index (χ1v) is 6.66. The normalized spacial score (nSPS) is 11.9. The smallest absolute Gasteiger partial charge is 0.347 e. The minimum Gasteiger partial charge on any atom is -0.348 e. The molecule has 2 rings (SSSR count). The fourth-order valence-electron chi connectivity index (χ4n) is 2.02. The molecule has 2 aromatic rings. The lowest BCUT2D eigenvalue weighted by molar-refractivity contribution is -0.122. The Bertz CT molecular complexity index is 667. The summed E-state index contributed by atoms with van der Waals surface area (Å²) in [5.74, 6) is -0.608. The lowest BCUT2D eigenvalue weighted by Gasteiger charge is -2.17. The molecule has 0 saturated carbocycles. The summed E-state index contributed by atoms with van der Waals surface area (Å²) in [5.41, 5.74) is 0.355. The van der Waals surface area contributed by atoms with Gasteiger partial charge in [0.05, 0.1) is 6.04 Å². The molecule has 0 spiro atoms. The van der Waals surface area contributed by atoms with Gasteiger partial charge in [0, 0.05) is 12.4 Å². The molecule has 1 atom stereocenters. The number of amides is 1. The summed E-state index contributed by atoms with van der Waals surface area (Å²) >= 11 is 0. The molecule has 1 aromatic heterocycles. The summed E-state index contributed by atoms with van der Waals surface area (Å²) in [5, 5.41) is 2.83. The van der Waals surface area contributed by atoms with Crippen molar-refractivity contribution in [3.63, 3.8) is 0 Å². The van der Waals surface area contributed by atoms with Gasteiger partial charge in [-0.1, -0.05) is 19.1 Å². The molecule has 1 heterocycles. The van der Waals surface area contributed by atoms with Crippen LogP contribution in [0.4, 0.5) is 4.39 Å². The molecule has 0 aliphatic rings. The number of hydrogen-bond acceptors (Lipinski definition) is 3. The van der Waals surface area contributed by atoms with Crippen LogP contribution in [0.3, 0.4) is 0 Å². The van der Waals surface area contributed by atoms with Crippen molar-refractivity contribution in [1.29, 1.82) is 0 Å². The van der Waals surface area contributed by atoms with Gasteiger partial charge in [0.2, 0.25) is 5.91 Å². The number of benzene rings is 1. The van der Waals surface area contributed by atoms with Gasteiger partial charge in [-0.25, -0.2) is 14.2 Å². The Morgan fingerprint density at radius 3 is 2.71 bits per heavy atom. The van der Waals surface area contributed by atoms with E-state index in [4.69, 9.17) is 0 Å². The van der Waals surface area contributed by atoms with Gasteiger partial charge in [-0.2, -0.15) is 0 Å². The van der Waals surface area contributed by atoms with Crippen LogP contribution in [0.1, 0.15) is 24.9 Å². The Labute approximate surface area is 121 Å². The van der Waals surface area contributed by atoms with Crippen LogP contribution in [0.2, 0.25) is 0 Å². The van der Waals surface area contributed by atoms with Gasteiger partial charge >= 0.3 is 5.69 Å². The zero-order chi connectivity index (χ0) is 15.2. The molecule has 1 amide bonds. The number of carbonyl (C=O) groups excluding carboxylic acids is 1. The van der Waals surface area contributed by atoms with Gasteiger partial charge in [-0.3, -0.25) is 9.36 Å². The Morgan fingerprint density at radius 2 is 2.10 bits per heavy atom. The molecule has 0 fully saturated rings. The molecule has 0 radical (unpaired) electrons. The molecular formula is C15H16FN3O2. The molecule has 1 N–H and O–H groups in total. The highest BCUT2D eigenvalue weighted by molar-refractivity contribution is 5.76. The second kappa shape index (κ2) is 6.78. The van der Waals surface area contributed by atoms with Crippen LogP contribution in [0, 0.1) is 5.82 Å². The van der Waals surface area contributed by atoms with Crippen molar-refractivity contribution in [2.24, 2.45) is 0 Å². The number of halogens is 1. The van der Waals surface area contributed by atoms with Crippen LogP contribution in [0.25, 0.3) is 0 Å². The molecule has 0 unspecified atom stereocenters. The molecular weight excluding hydrogens is 273 g/mol. The Kier molecular flexibility index (Phi) is 4.81. The SMILES string of the molecule is CC[C@@H](NC(=O)Cn1cccnc1=O)c1ccc(F)cc1. The highest BCUT2D eigenvalue weighted by Gasteiger charge is 2.13. The average molecular weight is 289 g/mol. The van der Waals surface area contributed by atoms with Crippen molar-refractivity contribution >= 4 is 5.91 Å². The van der Waals surface area contributed by atoms with Gasteiger partial charge in [0.15, 0.2) is 0 Å². The van der Waals surface area contributed by atoms with E-state index in [1.807, 2.05) is 6.92 Å². The van der Waals surface area contributed by atoms with E-state index in [1.165, 1.54) is 29.1 Å². The maximum Gasteiger partial charge on any atom is 0.347 e. The molecule has 110 valence electrons. The monoisotopic (exact) mass is 289 g/mol. The first-order valence-electron chi connectivity index (χ1n) is 6.66. The Hall–Kier alpha value is -2.50. The summed E-state index contributed by atoms with van der Waals surface area (Å²) in [6.45, 7) is 1.83. The van der Waals surface area contributed by atoms with Gasteiger partial charge in [-0.15, -0.1) is 0 Å². The topological polar surface area (TPSA) is 64.0 Å². The molecule has 0 bridgehead atoms. The lowest BCUT2D eigenvalue weighted by atomic mass is 10.0. The third kappa shape index (κ3) is 3.98. The maximum absolute atomic E-state index is 12.9. The highest BCUT2D eigenvalue weighted by Crippen LogP contribution is 2.16. The van der Waals surface area contributed by atoms with Crippen molar-refractivity contribution in [3.05, 3.63) is 64.6 Å². The number of rotatable bonds is 5. The molecule has 0 aliphatic heterocycles. The first kappa shape index (κ1) is 14.9.